The van der Waals surface area contributed by atoms with Crippen LogP contribution in [0.25, 0.3) is 0 Å². The summed E-state index contributed by atoms with van der Waals surface area (Å²) in [5.41, 5.74) is 5.04. The zero-order valence-electron chi connectivity index (χ0n) is 43.1. The number of ether oxygens (including phenoxy) is 6. The lowest BCUT2D eigenvalue weighted by Gasteiger charge is -2.09. The molecule has 0 bridgehead atoms. The van der Waals surface area contributed by atoms with E-state index in [1.165, 1.54) is 12.1 Å². The minimum atomic E-state index is -0.125. The van der Waals surface area contributed by atoms with Crippen LogP contribution >= 0.6 is 0 Å². The van der Waals surface area contributed by atoms with Gasteiger partial charge in [-0.25, -0.2) is 0 Å². The third-order valence-corrected chi connectivity index (χ3v) is 10.8. The van der Waals surface area contributed by atoms with Crippen molar-refractivity contribution in [3.63, 3.8) is 0 Å². The largest absolute Gasteiger partial charge is 0.872 e. The quantitative estimate of drug-likeness (QED) is 0.0342. The fourth-order valence-corrected chi connectivity index (χ4v) is 6.88. The van der Waals surface area contributed by atoms with Crippen molar-refractivity contribution in [2.75, 3.05) is 79.3 Å². The molecule has 0 heterocycles. The highest BCUT2D eigenvalue weighted by atomic mass is 16.6. The molecule has 0 aromatic heterocycles. The smallest absolute Gasteiger partial charge is 0.193 e. The molecule has 0 saturated carbocycles. The van der Waals surface area contributed by atoms with E-state index in [1.54, 1.807) is 133 Å². The molecule has 8 aromatic rings. The molecule has 14 heteroatoms. The zero-order valence-corrected chi connectivity index (χ0v) is 43.1. The number of aliphatic hydroxyl groups excluding tert-OH is 3. The topological polar surface area (TPSA) is 207 Å². The first-order chi connectivity index (χ1) is 38.2. The highest BCUT2D eigenvalue weighted by molar-refractivity contribution is 6.10. The second-order valence-corrected chi connectivity index (χ2v) is 16.4. The van der Waals surface area contributed by atoms with E-state index >= 15 is 0 Å². The monoisotopic (exact) mass is 1060 g/mol. The first-order valence-electron chi connectivity index (χ1n) is 25.1. The van der Waals surface area contributed by atoms with Crippen molar-refractivity contribution >= 4 is 23.1 Å². The Labute approximate surface area is 454 Å². The van der Waals surface area contributed by atoms with E-state index in [0.717, 1.165) is 0 Å². The molecule has 0 spiro atoms. The first kappa shape index (κ1) is 60.3. The third kappa shape index (κ3) is 21.9. The van der Waals surface area contributed by atoms with Crippen LogP contribution in [0, 0.1) is 0 Å². The first-order valence-corrected chi connectivity index (χ1v) is 25.1. The van der Waals surface area contributed by atoms with E-state index in [1.807, 2.05) is 72.8 Å². The summed E-state index contributed by atoms with van der Waals surface area (Å²) in [4.78, 5) is 49.0. The van der Waals surface area contributed by atoms with Crippen molar-refractivity contribution in [2.45, 2.75) is 0 Å². The van der Waals surface area contributed by atoms with Gasteiger partial charge in [-0.2, -0.15) is 0 Å². The summed E-state index contributed by atoms with van der Waals surface area (Å²) in [6.07, 6.45) is 0. The Bertz CT molecular complexity index is 2820. The van der Waals surface area contributed by atoms with Crippen molar-refractivity contribution in [1.29, 1.82) is 0 Å². The van der Waals surface area contributed by atoms with Gasteiger partial charge in [-0.05, 0) is 72.8 Å². The van der Waals surface area contributed by atoms with E-state index in [0.29, 0.717) is 121 Å². The molecule has 8 rings (SSSR count). The lowest BCUT2D eigenvalue weighted by molar-refractivity contribution is -0.268. The number of carbonyl (C=O) groups is 4. The van der Waals surface area contributed by atoms with Gasteiger partial charge >= 0.3 is 0 Å². The van der Waals surface area contributed by atoms with Gasteiger partial charge < -0.3 is 48.8 Å². The Morgan fingerprint density at radius 1 is 0.269 bits per heavy atom. The van der Waals surface area contributed by atoms with Gasteiger partial charge in [0.15, 0.2) is 23.1 Å². The van der Waals surface area contributed by atoms with Crippen molar-refractivity contribution in [3.8, 4) is 23.0 Å². The number of rotatable bonds is 26. The van der Waals surface area contributed by atoms with Crippen molar-refractivity contribution in [3.05, 3.63) is 263 Å². The summed E-state index contributed by atoms with van der Waals surface area (Å²) in [6, 6.07) is 63.7. The van der Waals surface area contributed by atoms with Gasteiger partial charge in [-0.1, -0.05) is 146 Å². The molecule has 0 atom stereocenters. The third-order valence-electron chi connectivity index (χ3n) is 10.8. The summed E-state index contributed by atoms with van der Waals surface area (Å²) in [5, 5.41) is 34.7. The van der Waals surface area contributed by atoms with E-state index in [9.17, 15) is 24.3 Å². The van der Waals surface area contributed by atoms with Crippen LogP contribution in [0.15, 0.2) is 218 Å². The number of carbonyl (C=O) groups excluding carboxylic acids is 4. The average molecular weight is 1060 g/mol. The summed E-state index contributed by atoms with van der Waals surface area (Å²) in [5.74, 6) is 1.87. The van der Waals surface area contributed by atoms with Gasteiger partial charge in [-0.15, -0.1) is 5.75 Å². The van der Waals surface area contributed by atoms with Gasteiger partial charge in [0.1, 0.15) is 37.1 Å². The molecular formula is C64H63O14-. The fourth-order valence-electron chi connectivity index (χ4n) is 6.88. The number of hydrogen-bond donors (Lipinski definition) is 3. The molecule has 404 valence electrons. The standard InChI is InChI=1S/C30H26O5.C19H22O5.C13H10O2.C2H6O2/c31-29(23-7-3-1-4-8-23)25-11-15-27(16-12-25)34-21-19-33-20-22-35-28-17-13-26(14-18-28)30(32)24-9-5-2-6-10-24;20-10-11-22-12-13-23-14-15-24-18-8-6-17(7-9-18)19(21)16-4-2-1-3-5-16;14-12-8-6-11(7-9-12)13(15)10-4-2-1-3-5-10;3-1-2-4/h1-18H,19-22H2;1-9,20H,10-15H2;1-9,14H;3-4H,1-2H2/p-1. The van der Waals surface area contributed by atoms with Crippen LogP contribution in [-0.4, -0.2) is 118 Å². The molecule has 0 radical (unpaired) electrons. The van der Waals surface area contributed by atoms with Crippen LogP contribution in [-0.2, 0) is 14.2 Å². The van der Waals surface area contributed by atoms with Crippen LogP contribution < -0.4 is 19.3 Å². The van der Waals surface area contributed by atoms with E-state index in [4.69, 9.17) is 43.7 Å². The van der Waals surface area contributed by atoms with Gasteiger partial charge in [-0.3, -0.25) is 19.2 Å². The van der Waals surface area contributed by atoms with Crippen molar-refractivity contribution in [1.82, 2.24) is 0 Å². The Morgan fingerprint density at radius 2 is 0.487 bits per heavy atom. The maximum atomic E-state index is 12.4. The lowest BCUT2D eigenvalue weighted by atomic mass is 10.0. The summed E-state index contributed by atoms with van der Waals surface area (Å²) < 4.78 is 32.9. The van der Waals surface area contributed by atoms with Crippen LogP contribution in [0.2, 0.25) is 0 Å². The van der Waals surface area contributed by atoms with Gasteiger partial charge in [0, 0.05) is 44.5 Å². The number of benzene rings is 8. The molecule has 78 heavy (non-hydrogen) atoms. The minimum Gasteiger partial charge on any atom is -0.872 e. The summed E-state index contributed by atoms with van der Waals surface area (Å²) in [7, 11) is 0. The highest BCUT2D eigenvalue weighted by Crippen LogP contribution is 2.19. The normalized spacial score (nSPS) is 10.2. The molecule has 8 aromatic carbocycles. The van der Waals surface area contributed by atoms with Crippen LogP contribution in [0.5, 0.6) is 23.0 Å². The zero-order chi connectivity index (χ0) is 55.4. The van der Waals surface area contributed by atoms with Gasteiger partial charge in [0.2, 0.25) is 0 Å². The molecule has 0 aliphatic rings. The molecule has 3 N–H and O–H groups in total. The number of ketones is 4. The number of aliphatic hydroxyl groups is 3. The van der Waals surface area contributed by atoms with E-state index in [-0.39, 0.29) is 48.7 Å². The second-order valence-electron chi connectivity index (χ2n) is 16.4. The maximum Gasteiger partial charge on any atom is 0.193 e. The maximum absolute atomic E-state index is 12.4. The van der Waals surface area contributed by atoms with Gasteiger partial charge in [0.25, 0.3) is 0 Å². The SMILES string of the molecule is O=C(c1ccccc1)c1ccc(OCCOCCOCCO)cc1.O=C(c1ccccc1)c1ccc(OCCOCCOc2ccc(C(=O)c3ccccc3)cc2)cc1.O=C(c1ccccc1)c1ccc([O-])cc1.OCCO. The second kappa shape index (κ2) is 35.6. The Morgan fingerprint density at radius 3 is 0.731 bits per heavy atom. The summed E-state index contributed by atoms with van der Waals surface area (Å²) in [6.45, 7) is 3.51. The molecule has 0 aliphatic heterocycles. The predicted octanol–water partition coefficient (Wildman–Crippen LogP) is 8.91. The van der Waals surface area contributed by atoms with Crippen molar-refractivity contribution in [2.24, 2.45) is 0 Å². The van der Waals surface area contributed by atoms with Crippen molar-refractivity contribution < 1.29 is 68.0 Å². The molecule has 0 saturated heterocycles. The molecule has 0 amide bonds. The Hall–Kier alpha value is -8.60. The molecule has 0 aliphatic carbocycles. The van der Waals surface area contributed by atoms with E-state index in [2.05, 4.69) is 0 Å². The van der Waals surface area contributed by atoms with E-state index < -0.39 is 0 Å². The molecule has 14 nitrogen and oxygen atoms in total. The van der Waals surface area contributed by atoms with Crippen LogP contribution in [0.1, 0.15) is 63.7 Å². The summed E-state index contributed by atoms with van der Waals surface area (Å²) >= 11 is 0. The van der Waals surface area contributed by atoms with Crippen LogP contribution in [0.4, 0.5) is 0 Å². The Balaban J connectivity index is 0.000000224. The lowest BCUT2D eigenvalue weighted by Crippen LogP contribution is -2.12. The molecule has 0 fully saturated rings. The predicted molar refractivity (Wildman–Crippen MR) is 295 cm³/mol. The average Bonchev–Trinajstić information content (AvgIpc) is 3.51. The minimum absolute atomic E-state index is 0.00615. The fraction of sp³-hybridized carbons (Fsp3) is 0.188. The number of hydrogen-bond acceptors (Lipinski definition) is 14. The molecule has 0 unspecified atom stereocenters. The van der Waals surface area contributed by atoms with Crippen LogP contribution in [0.3, 0.4) is 0 Å². The van der Waals surface area contributed by atoms with Gasteiger partial charge in [0.05, 0.1) is 59.5 Å². The molecular weight excluding hydrogens is 993 g/mol. The highest BCUT2D eigenvalue weighted by Gasteiger charge is 2.11. The Kier molecular flexibility index (Phi) is 27.5.